The summed E-state index contributed by atoms with van der Waals surface area (Å²) in [6.07, 6.45) is 6.12. The topological polar surface area (TPSA) is 82.9 Å². The summed E-state index contributed by atoms with van der Waals surface area (Å²) in [5.74, 6) is 1.05. The average Bonchev–Trinajstić information content (AvgIpc) is 3.46. The van der Waals surface area contributed by atoms with Gasteiger partial charge in [-0.1, -0.05) is 29.8 Å². The number of benzene rings is 2. The quantitative estimate of drug-likeness (QED) is 0.311. The Bertz CT molecular complexity index is 1410. The average molecular weight is 605 g/mol. The molecule has 0 spiro atoms. The third-order valence-electron chi connectivity index (χ3n) is 9.19. The van der Waals surface area contributed by atoms with Crippen molar-refractivity contribution in [3.05, 3.63) is 76.8 Å². The number of rotatable bonds is 8. The fourth-order valence-corrected chi connectivity index (χ4v) is 7.43. The molecule has 2 saturated heterocycles. The summed E-state index contributed by atoms with van der Waals surface area (Å²) >= 11 is 6.03. The molecular weight excluding hydrogens is 564 g/mol. The number of hydrogen-bond donors (Lipinski definition) is 1. The predicted molar refractivity (Wildman–Crippen MR) is 169 cm³/mol. The number of aryl methyl sites for hydroxylation is 1. The highest BCUT2D eigenvalue weighted by Gasteiger charge is 2.42. The van der Waals surface area contributed by atoms with Gasteiger partial charge in [0, 0.05) is 66.3 Å². The first-order valence-corrected chi connectivity index (χ1v) is 15.9. The third kappa shape index (κ3) is 6.38. The van der Waals surface area contributed by atoms with Gasteiger partial charge in [-0.25, -0.2) is 14.6 Å². The lowest BCUT2D eigenvalue weighted by molar-refractivity contribution is 0.0980. The Labute approximate surface area is 258 Å². The number of anilines is 2. The third-order valence-corrected chi connectivity index (χ3v) is 9.44. The van der Waals surface area contributed by atoms with Crippen LogP contribution in [0.4, 0.5) is 21.0 Å². The molecule has 4 heterocycles. The number of piperidine rings is 1. The van der Waals surface area contributed by atoms with Gasteiger partial charge in [0.05, 0.1) is 18.8 Å². The monoisotopic (exact) mass is 604 g/mol. The van der Waals surface area contributed by atoms with Crippen LogP contribution in [0.25, 0.3) is 0 Å². The van der Waals surface area contributed by atoms with E-state index < -0.39 is 0 Å². The molecule has 6 rings (SSSR count). The van der Waals surface area contributed by atoms with Gasteiger partial charge in [0.25, 0.3) is 0 Å². The summed E-state index contributed by atoms with van der Waals surface area (Å²) in [5, 5.41) is 3.67. The number of carbonyl (C=O) groups excluding carboxylic acids is 2. The van der Waals surface area contributed by atoms with Crippen LogP contribution < -0.4 is 10.2 Å². The van der Waals surface area contributed by atoms with Crippen LogP contribution >= 0.6 is 11.6 Å². The van der Waals surface area contributed by atoms with E-state index in [2.05, 4.69) is 21.7 Å². The first-order chi connectivity index (χ1) is 20.9. The molecule has 3 aromatic rings. The van der Waals surface area contributed by atoms with Gasteiger partial charge in [-0.15, -0.1) is 0 Å². The zero-order chi connectivity index (χ0) is 29.9. The van der Waals surface area contributed by atoms with Crippen LogP contribution in [0.2, 0.25) is 5.02 Å². The van der Waals surface area contributed by atoms with Crippen molar-refractivity contribution in [3.8, 4) is 0 Å². The van der Waals surface area contributed by atoms with E-state index in [1.165, 1.54) is 18.5 Å². The summed E-state index contributed by atoms with van der Waals surface area (Å²) in [4.78, 5) is 36.9. The highest BCUT2D eigenvalue weighted by atomic mass is 35.5. The van der Waals surface area contributed by atoms with E-state index in [0.717, 1.165) is 55.1 Å². The van der Waals surface area contributed by atoms with Gasteiger partial charge < -0.3 is 19.5 Å². The van der Waals surface area contributed by atoms with Gasteiger partial charge in [-0.2, -0.15) is 0 Å². The van der Waals surface area contributed by atoms with E-state index in [-0.39, 0.29) is 12.1 Å². The van der Waals surface area contributed by atoms with Crippen LogP contribution in [0.1, 0.15) is 62.3 Å². The molecule has 2 fully saturated rings. The molecule has 3 aliphatic heterocycles. The second-order valence-electron chi connectivity index (χ2n) is 11.8. The molecule has 10 heteroatoms. The van der Waals surface area contributed by atoms with E-state index in [9.17, 15) is 9.59 Å². The van der Waals surface area contributed by atoms with Gasteiger partial charge in [0.2, 0.25) is 0 Å². The SMILES string of the molecule is CCOC(=O)N1CCc2c(nc(C)n2C2C[C@H]3CC[C@@H](C2)N3CCCN(C(=O)Nc2ccc(Cl)cc2)c2ccccc2)C1. The molecule has 1 aromatic heterocycles. The van der Waals surface area contributed by atoms with Crippen LogP contribution in [-0.2, 0) is 17.7 Å². The number of ether oxygens (including phenoxy) is 1. The van der Waals surface area contributed by atoms with E-state index in [4.69, 9.17) is 21.3 Å². The van der Waals surface area contributed by atoms with Gasteiger partial charge in [-0.3, -0.25) is 9.80 Å². The predicted octanol–water partition coefficient (Wildman–Crippen LogP) is 6.66. The number of halogens is 1. The minimum atomic E-state index is -0.250. The summed E-state index contributed by atoms with van der Waals surface area (Å²) in [6.45, 7) is 7.13. The zero-order valence-corrected chi connectivity index (χ0v) is 25.8. The second-order valence-corrected chi connectivity index (χ2v) is 12.3. The first-order valence-electron chi connectivity index (χ1n) is 15.5. The van der Waals surface area contributed by atoms with E-state index in [0.29, 0.717) is 49.4 Å². The molecule has 0 saturated carbocycles. The molecule has 2 aromatic carbocycles. The maximum atomic E-state index is 13.4. The lowest BCUT2D eigenvalue weighted by atomic mass is 9.95. The molecule has 9 nitrogen and oxygen atoms in total. The Kier molecular flexibility index (Phi) is 8.90. The highest BCUT2D eigenvalue weighted by molar-refractivity contribution is 6.30. The van der Waals surface area contributed by atoms with Crippen LogP contribution in [-0.4, -0.2) is 69.8 Å². The Morgan fingerprint density at radius 2 is 1.77 bits per heavy atom. The molecule has 43 heavy (non-hydrogen) atoms. The van der Waals surface area contributed by atoms with Crippen molar-refractivity contribution in [2.24, 2.45) is 0 Å². The second kappa shape index (κ2) is 13.0. The van der Waals surface area contributed by atoms with Crippen molar-refractivity contribution in [2.45, 2.75) is 77.0 Å². The fraction of sp³-hybridized carbons (Fsp3) is 0.485. The number of fused-ring (bicyclic) bond motifs is 3. The largest absolute Gasteiger partial charge is 0.450 e. The van der Waals surface area contributed by atoms with Gasteiger partial charge >= 0.3 is 12.1 Å². The van der Waals surface area contributed by atoms with Crippen molar-refractivity contribution in [3.63, 3.8) is 0 Å². The number of hydrogen-bond acceptors (Lipinski definition) is 5. The van der Waals surface area contributed by atoms with Crippen LogP contribution in [0.5, 0.6) is 0 Å². The molecule has 0 aliphatic carbocycles. The van der Waals surface area contributed by atoms with Crippen molar-refractivity contribution in [2.75, 3.05) is 36.5 Å². The Hall–Kier alpha value is -3.56. The molecule has 228 valence electrons. The fourth-order valence-electron chi connectivity index (χ4n) is 7.31. The molecule has 3 amide bonds. The minimum Gasteiger partial charge on any atom is -0.450 e. The molecule has 1 N–H and O–H groups in total. The Morgan fingerprint density at radius 1 is 1.05 bits per heavy atom. The number of para-hydroxylation sites is 1. The minimum absolute atomic E-state index is 0.142. The lowest BCUT2D eigenvalue weighted by Gasteiger charge is -2.41. The molecule has 3 atom stereocenters. The first kappa shape index (κ1) is 29.5. The van der Waals surface area contributed by atoms with E-state index >= 15 is 0 Å². The van der Waals surface area contributed by atoms with Crippen LogP contribution in [0, 0.1) is 6.92 Å². The molecule has 1 unspecified atom stereocenters. The summed E-state index contributed by atoms with van der Waals surface area (Å²) in [7, 11) is 0. The number of carbonyl (C=O) groups is 2. The normalized spacial score (nSPS) is 21.4. The van der Waals surface area contributed by atoms with Crippen LogP contribution in [0.3, 0.4) is 0 Å². The Morgan fingerprint density at radius 3 is 2.47 bits per heavy atom. The number of nitrogens with zero attached hydrogens (tertiary/aromatic N) is 5. The van der Waals surface area contributed by atoms with Crippen molar-refractivity contribution in [1.82, 2.24) is 19.4 Å². The maximum Gasteiger partial charge on any atom is 0.410 e. The van der Waals surface area contributed by atoms with Crippen molar-refractivity contribution < 1.29 is 14.3 Å². The smallest absolute Gasteiger partial charge is 0.410 e. The molecule has 3 aliphatic rings. The number of aromatic nitrogens is 2. The Balaban J connectivity index is 1.08. The molecule has 0 radical (unpaired) electrons. The van der Waals surface area contributed by atoms with Crippen molar-refractivity contribution >= 4 is 35.1 Å². The van der Waals surface area contributed by atoms with Gasteiger partial charge in [0.15, 0.2) is 0 Å². The summed E-state index contributed by atoms with van der Waals surface area (Å²) < 4.78 is 7.72. The van der Waals surface area contributed by atoms with Crippen LogP contribution in [0.15, 0.2) is 54.6 Å². The zero-order valence-electron chi connectivity index (χ0n) is 25.0. The number of amides is 3. The van der Waals surface area contributed by atoms with E-state index in [1.54, 1.807) is 17.0 Å². The lowest BCUT2D eigenvalue weighted by Crippen LogP contribution is -2.45. The standard InChI is InChI=1S/C33H41ClN6O3/c1-3-43-33(42)37-19-16-31-30(22-37)35-23(2)40(31)29-20-27-14-15-28(21-29)38(27)17-7-18-39(26-8-5-4-6-9-26)32(41)36-25-12-10-24(34)11-13-25/h4-6,8-13,27-29H,3,7,14-22H2,1-2H3,(H,36,41)/t27-,28+,29?. The number of imidazole rings is 1. The summed E-state index contributed by atoms with van der Waals surface area (Å²) in [5.41, 5.74) is 3.92. The number of urea groups is 1. The van der Waals surface area contributed by atoms with Crippen molar-refractivity contribution in [1.29, 1.82) is 0 Å². The number of nitrogens with one attached hydrogen (secondary N) is 1. The van der Waals surface area contributed by atoms with E-state index in [1.807, 2.05) is 54.3 Å². The maximum absolute atomic E-state index is 13.4. The molecule has 2 bridgehead atoms. The summed E-state index contributed by atoms with van der Waals surface area (Å²) in [6, 6.07) is 18.4. The van der Waals surface area contributed by atoms with Gasteiger partial charge in [-0.05, 0) is 82.3 Å². The molecular formula is C33H41ClN6O3. The van der Waals surface area contributed by atoms with Gasteiger partial charge in [0.1, 0.15) is 5.82 Å². The highest BCUT2D eigenvalue weighted by Crippen LogP contribution is 2.42.